The molecule has 0 aliphatic heterocycles. The van der Waals surface area contributed by atoms with Gasteiger partial charge in [-0.15, -0.1) is 0 Å². The van der Waals surface area contributed by atoms with Crippen LogP contribution in [0.2, 0.25) is 0 Å². The molecule has 0 saturated heterocycles. The van der Waals surface area contributed by atoms with Gasteiger partial charge in [-0.25, -0.2) is 9.18 Å². The first kappa shape index (κ1) is 14.0. The van der Waals surface area contributed by atoms with Crippen LogP contribution in [-0.4, -0.2) is 29.9 Å². The Balaban J connectivity index is 2.34. The third-order valence-electron chi connectivity index (χ3n) is 2.14. The number of rotatable bonds is 6. The Labute approximate surface area is 104 Å². The zero-order chi connectivity index (χ0) is 13.4. The van der Waals surface area contributed by atoms with E-state index in [-0.39, 0.29) is 6.61 Å². The molecule has 6 heteroatoms. The lowest BCUT2D eigenvalue weighted by Crippen LogP contribution is -2.38. The SMILES string of the molecule is O=C(O)CC(CF)NC(=O)OCc1ccccc1. The number of aliphatic carboxylic acids is 1. The summed E-state index contributed by atoms with van der Waals surface area (Å²) in [5.74, 6) is -1.18. The van der Waals surface area contributed by atoms with E-state index in [0.717, 1.165) is 5.56 Å². The standard InChI is InChI=1S/C12H14FNO4/c13-7-10(6-11(15)16)14-12(17)18-8-9-4-2-1-3-5-9/h1-5,10H,6-8H2,(H,14,17)(H,15,16). The Morgan fingerprint density at radius 1 is 1.33 bits per heavy atom. The topological polar surface area (TPSA) is 75.6 Å². The summed E-state index contributed by atoms with van der Waals surface area (Å²) in [6.45, 7) is -0.897. The van der Waals surface area contributed by atoms with E-state index in [1.807, 2.05) is 6.07 Å². The van der Waals surface area contributed by atoms with E-state index in [0.29, 0.717) is 0 Å². The van der Waals surface area contributed by atoms with Crippen LogP contribution >= 0.6 is 0 Å². The number of carboxylic acid groups (broad SMARTS) is 1. The van der Waals surface area contributed by atoms with E-state index in [1.54, 1.807) is 24.3 Å². The van der Waals surface area contributed by atoms with Crippen molar-refractivity contribution in [2.75, 3.05) is 6.67 Å². The highest BCUT2D eigenvalue weighted by Crippen LogP contribution is 2.01. The third-order valence-corrected chi connectivity index (χ3v) is 2.14. The number of halogens is 1. The largest absolute Gasteiger partial charge is 0.481 e. The molecule has 0 radical (unpaired) electrons. The van der Waals surface area contributed by atoms with Gasteiger partial charge < -0.3 is 15.2 Å². The van der Waals surface area contributed by atoms with E-state index in [4.69, 9.17) is 9.84 Å². The van der Waals surface area contributed by atoms with Gasteiger partial charge in [-0.3, -0.25) is 4.79 Å². The second-order valence-corrected chi connectivity index (χ2v) is 3.66. The number of alkyl halides is 1. The molecule has 0 bridgehead atoms. The van der Waals surface area contributed by atoms with Crippen LogP contribution in [0.4, 0.5) is 9.18 Å². The van der Waals surface area contributed by atoms with Gasteiger partial charge in [0.15, 0.2) is 0 Å². The molecule has 18 heavy (non-hydrogen) atoms. The molecule has 1 amide bonds. The van der Waals surface area contributed by atoms with Crippen LogP contribution in [0.1, 0.15) is 12.0 Å². The van der Waals surface area contributed by atoms with Crippen molar-refractivity contribution in [1.82, 2.24) is 5.32 Å². The average molecular weight is 255 g/mol. The normalized spacial score (nSPS) is 11.6. The minimum absolute atomic E-state index is 0.0543. The molecule has 0 fully saturated rings. The zero-order valence-electron chi connectivity index (χ0n) is 9.64. The molecule has 0 aromatic heterocycles. The Morgan fingerprint density at radius 2 is 2.00 bits per heavy atom. The number of carbonyl (C=O) groups excluding carboxylic acids is 1. The average Bonchev–Trinajstić information content (AvgIpc) is 2.36. The summed E-state index contributed by atoms with van der Waals surface area (Å²) >= 11 is 0. The first-order chi connectivity index (χ1) is 8.61. The van der Waals surface area contributed by atoms with Crippen LogP contribution in [0.5, 0.6) is 0 Å². The van der Waals surface area contributed by atoms with Gasteiger partial charge in [0, 0.05) is 0 Å². The van der Waals surface area contributed by atoms with Crippen molar-refractivity contribution in [2.45, 2.75) is 19.1 Å². The molecule has 5 nitrogen and oxygen atoms in total. The smallest absolute Gasteiger partial charge is 0.407 e. The minimum Gasteiger partial charge on any atom is -0.481 e. The van der Waals surface area contributed by atoms with Gasteiger partial charge in [-0.2, -0.15) is 0 Å². The lowest BCUT2D eigenvalue weighted by molar-refractivity contribution is -0.137. The first-order valence-electron chi connectivity index (χ1n) is 5.36. The molecule has 0 spiro atoms. The van der Waals surface area contributed by atoms with Gasteiger partial charge in [0.2, 0.25) is 0 Å². The summed E-state index contributed by atoms with van der Waals surface area (Å²) in [4.78, 5) is 21.6. The summed E-state index contributed by atoms with van der Waals surface area (Å²) in [6.07, 6.45) is -1.31. The van der Waals surface area contributed by atoms with Crippen molar-refractivity contribution >= 4 is 12.1 Å². The molecule has 0 aliphatic carbocycles. The number of nitrogens with one attached hydrogen (secondary N) is 1. The molecule has 0 heterocycles. The molecule has 0 saturated carbocycles. The lowest BCUT2D eigenvalue weighted by atomic mass is 10.2. The molecule has 1 aromatic carbocycles. The number of hydrogen-bond donors (Lipinski definition) is 2. The third kappa shape index (κ3) is 5.29. The van der Waals surface area contributed by atoms with E-state index in [2.05, 4.69) is 5.32 Å². The van der Waals surface area contributed by atoms with E-state index in [1.165, 1.54) is 0 Å². The fraction of sp³-hybridized carbons (Fsp3) is 0.333. The second kappa shape index (κ2) is 7.26. The first-order valence-corrected chi connectivity index (χ1v) is 5.36. The van der Waals surface area contributed by atoms with Crippen LogP contribution in [0, 0.1) is 0 Å². The Kier molecular flexibility index (Phi) is 5.63. The summed E-state index contributed by atoms with van der Waals surface area (Å²) in [5, 5.41) is 10.6. The number of ether oxygens (including phenoxy) is 1. The molecule has 2 N–H and O–H groups in total. The maximum atomic E-state index is 12.4. The van der Waals surface area contributed by atoms with Crippen molar-refractivity contribution in [3.8, 4) is 0 Å². The number of benzene rings is 1. The number of carboxylic acids is 1. The number of hydrogen-bond acceptors (Lipinski definition) is 3. The van der Waals surface area contributed by atoms with Crippen LogP contribution in [0.25, 0.3) is 0 Å². The van der Waals surface area contributed by atoms with Crippen molar-refractivity contribution in [2.24, 2.45) is 0 Å². The Bertz CT molecular complexity index is 396. The van der Waals surface area contributed by atoms with Gasteiger partial charge in [0.1, 0.15) is 13.3 Å². The predicted octanol–water partition coefficient (Wildman–Crippen LogP) is 1.73. The van der Waals surface area contributed by atoms with E-state index in [9.17, 15) is 14.0 Å². The van der Waals surface area contributed by atoms with Crippen LogP contribution < -0.4 is 5.32 Å². The molecule has 0 aliphatic rings. The minimum atomic E-state index is -1.18. The highest BCUT2D eigenvalue weighted by Gasteiger charge is 2.16. The van der Waals surface area contributed by atoms with Gasteiger partial charge in [0.05, 0.1) is 12.5 Å². The quantitative estimate of drug-likeness (QED) is 0.811. The summed E-state index contributed by atoms with van der Waals surface area (Å²) in [6, 6.07) is 7.91. The van der Waals surface area contributed by atoms with Crippen molar-refractivity contribution in [3.05, 3.63) is 35.9 Å². The van der Waals surface area contributed by atoms with Gasteiger partial charge in [-0.1, -0.05) is 30.3 Å². The Morgan fingerprint density at radius 3 is 2.56 bits per heavy atom. The fourth-order valence-corrected chi connectivity index (χ4v) is 1.29. The Hall–Kier alpha value is -2.11. The highest BCUT2D eigenvalue weighted by atomic mass is 19.1. The summed E-state index contributed by atoms with van der Waals surface area (Å²) < 4.78 is 17.2. The van der Waals surface area contributed by atoms with Crippen LogP contribution in [0.3, 0.4) is 0 Å². The molecule has 1 atom stereocenters. The number of alkyl carbamates (subject to hydrolysis) is 1. The molecular formula is C12H14FNO4. The molecular weight excluding hydrogens is 241 g/mol. The van der Waals surface area contributed by atoms with Crippen molar-refractivity contribution in [1.29, 1.82) is 0 Å². The van der Waals surface area contributed by atoms with Gasteiger partial charge in [-0.05, 0) is 5.56 Å². The zero-order valence-corrected chi connectivity index (χ0v) is 9.64. The van der Waals surface area contributed by atoms with Gasteiger partial charge >= 0.3 is 12.1 Å². The molecule has 1 aromatic rings. The molecule has 1 rings (SSSR count). The highest BCUT2D eigenvalue weighted by molar-refractivity contribution is 5.71. The number of amides is 1. The molecule has 98 valence electrons. The van der Waals surface area contributed by atoms with Crippen LogP contribution in [-0.2, 0) is 16.1 Å². The number of carbonyl (C=O) groups is 2. The van der Waals surface area contributed by atoms with Crippen molar-refractivity contribution in [3.63, 3.8) is 0 Å². The van der Waals surface area contributed by atoms with E-state index < -0.39 is 31.2 Å². The monoisotopic (exact) mass is 255 g/mol. The summed E-state index contributed by atoms with van der Waals surface area (Å²) in [5.41, 5.74) is 0.794. The maximum Gasteiger partial charge on any atom is 0.407 e. The fourth-order valence-electron chi connectivity index (χ4n) is 1.29. The van der Waals surface area contributed by atoms with E-state index >= 15 is 0 Å². The summed E-state index contributed by atoms with van der Waals surface area (Å²) in [7, 11) is 0. The van der Waals surface area contributed by atoms with Crippen LogP contribution in [0.15, 0.2) is 30.3 Å². The molecule has 1 unspecified atom stereocenters. The maximum absolute atomic E-state index is 12.4. The van der Waals surface area contributed by atoms with Gasteiger partial charge in [0.25, 0.3) is 0 Å². The van der Waals surface area contributed by atoms with Crippen molar-refractivity contribution < 1.29 is 23.8 Å². The predicted molar refractivity (Wildman–Crippen MR) is 61.8 cm³/mol. The second-order valence-electron chi connectivity index (χ2n) is 3.66. The lowest BCUT2D eigenvalue weighted by Gasteiger charge is -2.13.